The summed E-state index contributed by atoms with van der Waals surface area (Å²) in [6.07, 6.45) is 8.95. The molecule has 2 atom stereocenters. The first-order valence-electron chi connectivity index (χ1n) is 10.9. The molecule has 0 radical (unpaired) electrons. The van der Waals surface area contributed by atoms with E-state index >= 15 is 0 Å². The van der Waals surface area contributed by atoms with Gasteiger partial charge in [0.25, 0.3) is 0 Å². The van der Waals surface area contributed by atoms with E-state index in [0.717, 1.165) is 12.0 Å². The van der Waals surface area contributed by atoms with E-state index < -0.39 is 0 Å². The Hall–Kier alpha value is -1.64. The van der Waals surface area contributed by atoms with Crippen LogP contribution in [0, 0.1) is 5.92 Å². The Morgan fingerprint density at radius 2 is 1.41 bits per heavy atom. The van der Waals surface area contributed by atoms with Gasteiger partial charge in [0.2, 0.25) is 0 Å². The average molecular weight is 365 g/mol. The zero-order valence-electron chi connectivity index (χ0n) is 16.9. The summed E-state index contributed by atoms with van der Waals surface area (Å²) in [4.78, 5) is 2.72. The van der Waals surface area contributed by atoms with Gasteiger partial charge in [-0.25, -0.2) is 0 Å². The molecule has 1 heterocycles. The van der Waals surface area contributed by atoms with Crippen molar-refractivity contribution in [3.63, 3.8) is 0 Å². The maximum Gasteiger partial charge on any atom is 0.0212 e. The van der Waals surface area contributed by atoms with E-state index in [1.165, 1.54) is 62.7 Å². The SMILES string of the molecule is CCN1CCCC2CCCCC21.NCC(c1ccccc1)c1ccccc1. The fraction of sp³-hybridized carbons (Fsp3) is 0.520. The summed E-state index contributed by atoms with van der Waals surface area (Å²) >= 11 is 0. The molecule has 27 heavy (non-hydrogen) atoms. The predicted molar refractivity (Wildman–Crippen MR) is 116 cm³/mol. The Kier molecular flexibility index (Phi) is 7.92. The summed E-state index contributed by atoms with van der Waals surface area (Å²) in [7, 11) is 0. The van der Waals surface area contributed by atoms with Crippen LogP contribution in [0.3, 0.4) is 0 Å². The molecule has 4 rings (SSSR count). The summed E-state index contributed by atoms with van der Waals surface area (Å²) in [6.45, 7) is 5.61. The lowest BCUT2D eigenvalue weighted by Crippen LogP contribution is -2.46. The van der Waals surface area contributed by atoms with E-state index in [4.69, 9.17) is 5.73 Å². The zero-order valence-corrected chi connectivity index (χ0v) is 16.9. The fourth-order valence-electron chi connectivity index (χ4n) is 4.96. The molecule has 2 N–H and O–H groups in total. The van der Waals surface area contributed by atoms with Crippen molar-refractivity contribution in [1.29, 1.82) is 0 Å². The average Bonchev–Trinajstić information content (AvgIpc) is 2.76. The van der Waals surface area contributed by atoms with Gasteiger partial charge in [0.1, 0.15) is 0 Å². The molecule has 2 unspecified atom stereocenters. The summed E-state index contributed by atoms with van der Waals surface area (Å²) < 4.78 is 0. The molecule has 2 aromatic carbocycles. The molecular weight excluding hydrogens is 328 g/mol. The van der Waals surface area contributed by atoms with Crippen LogP contribution in [-0.2, 0) is 0 Å². The second kappa shape index (κ2) is 10.6. The molecule has 2 nitrogen and oxygen atoms in total. The van der Waals surface area contributed by atoms with Crippen molar-refractivity contribution in [1.82, 2.24) is 4.90 Å². The molecule has 2 fully saturated rings. The van der Waals surface area contributed by atoms with Gasteiger partial charge in [-0.2, -0.15) is 0 Å². The number of hydrogen-bond donors (Lipinski definition) is 1. The Balaban J connectivity index is 0.000000159. The summed E-state index contributed by atoms with van der Waals surface area (Å²) in [5.41, 5.74) is 8.40. The lowest BCUT2D eigenvalue weighted by molar-refractivity contribution is 0.0657. The van der Waals surface area contributed by atoms with E-state index in [-0.39, 0.29) is 0 Å². The highest BCUT2D eigenvalue weighted by atomic mass is 15.2. The second-order valence-electron chi connectivity index (χ2n) is 7.99. The lowest BCUT2D eigenvalue weighted by Gasteiger charge is -2.43. The summed E-state index contributed by atoms with van der Waals surface area (Å²) in [5, 5.41) is 0. The highest BCUT2D eigenvalue weighted by Gasteiger charge is 2.31. The number of nitrogens with two attached hydrogens (primary N) is 1. The van der Waals surface area contributed by atoms with E-state index in [1.807, 2.05) is 12.1 Å². The van der Waals surface area contributed by atoms with Gasteiger partial charge in [0.05, 0.1) is 0 Å². The number of hydrogen-bond acceptors (Lipinski definition) is 2. The molecule has 0 bridgehead atoms. The Morgan fingerprint density at radius 1 is 0.852 bits per heavy atom. The molecule has 1 aliphatic heterocycles. The molecule has 0 spiro atoms. The minimum absolute atomic E-state index is 0.312. The van der Waals surface area contributed by atoms with Gasteiger partial charge in [-0.05, 0) is 55.8 Å². The van der Waals surface area contributed by atoms with Gasteiger partial charge in [0, 0.05) is 18.5 Å². The predicted octanol–water partition coefficient (Wildman–Crippen LogP) is 5.44. The first-order chi connectivity index (χ1) is 13.3. The van der Waals surface area contributed by atoms with Gasteiger partial charge in [-0.3, -0.25) is 0 Å². The number of rotatable bonds is 4. The largest absolute Gasteiger partial charge is 0.330 e. The highest BCUT2D eigenvalue weighted by molar-refractivity contribution is 5.32. The number of likely N-dealkylation sites (tertiary alicyclic amines) is 1. The van der Waals surface area contributed by atoms with Crippen LogP contribution in [0.4, 0.5) is 0 Å². The minimum Gasteiger partial charge on any atom is -0.330 e. The van der Waals surface area contributed by atoms with Crippen LogP contribution in [0.1, 0.15) is 62.5 Å². The Labute approximate surface area is 165 Å². The van der Waals surface area contributed by atoms with Crippen molar-refractivity contribution >= 4 is 0 Å². The first-order valence-corrected chi connectivity index (χ1v) is 10.9. The minimum atomic E-state index is 0.312. The first kappa shape index (κ1) is 20.1. The van der Waals surface area contributed by atoms with E-state index in [1.54, 1.807) is 0 Å². The molecule has 2 aromatic rings. The molecular formula is C25H36N2. The quantitative estimate of drug-likeness (QED) is 0.783. The number of nitrogens with zero attached hydrogens (tertiary/aromatic N) is 1. The van der Waals surface area contributed by atoms with Crippen LogP contribution in [-0.4, -0.2) is 30.6 Å². The third-order valence-corrected chi connectivity index (χ3v) is 6.40. The van der Waals surface area contributed by atoms with Crippen LogP contribution >= 0.6 is 0 Å². The topological polar surface area (TPSA) is 29.3 Å². The van der Waals surface area contributed by atoms with Gasteiger partial charge in [-0.1, -0.05) is 80.4 Å². The van der Waals surface area contributed by atoms with Crippen LogP contribution in [0.25, 0.3) is 0 Å². The molecule has 146 valence electrons. The van der Waals surface area contributed by atoms with Crippen molar-refractivity contribution in [2.45, 2.75) is 57.4 Å². The lowest BCUT2D eigenvalue weighted by atomic mass is 9.78. The molecule has 2 heteroatoms. The van der Waals surface area contributed by atoms with Gasteiger partial charge in [0.15, 0.2) is 0 Å². The number of piperidine rings is 1. The highest BCUT2D eigenvalue weighted by Crippen LogP contribution is 2.34. The van der Waals surface area contributed by atoms with E-state index in [2.05, 4.69) is 60.4 Å². The molecule has 1 saturated carbocycles. The Morgan fingerprint density at radius 3 is 1.96 bits per heavy atom. The third-order valence-electron chi connectivity index (χ3n) is 6.40. The molecule has 0 amide bonds. The fourth-order valence-corrected chi connectivity index (χ4v) is 4.96. The van der Waals surface area contributed by atoms with Gasteiger partial charge < -0.3 is 10.6 Å². The molecule has 1 saturated heterocycles. The third kappa shape index (κ3) is 5.43. The van der Waals surface area contributed by atoms with Crippen molar-refractivity contribution in [3.8, 4) is 0 Å². The van der Waals surface area contributed by atoms with Crippen LogP contribution in [0.2, 0.25) is 0 Å². The van der Waals surface area contributed by atoms with Crippen molar-refractivity contribution in [2.24, 2.45) is 11.7 Å². The van der Waals surface area contributed by atoms with Crippen LogP contribution in [0.5, 0.6) is 0 Å². The summed E-state index contributed by atoms with van der Waals surface area (Å²) in [5.74, 6) is 1.37. The maximum absolute atomic E-state index is 5.84. The molecule has 0 aromatic heterocycles. The zero-order chi connectivity index (χ0) is 18.9. The number of fused-ring (bicyclic) bond motifs is 1. The molecule has 2 aliphatic rings. The Bertz CT molecular complexity index is 592. The second-order valence-corrected chi connectivity index (χ2v) is 7.99. The van der Waals surface area contributed by atoms with E-state index in [9.17, 15) is 0 Å². The van der Waals surface area contributed by atoms with E-state index in [0.29, 0.717) is 12.5 Å². The van der Waals surface area contributed by atoms with Crippen molar-refractivity contribution in [2.75, 3.05) is 19.6 Å². The van der Waals surface area contributed by atoms with Gasteiger partial charge >= 0.3 is 0 Å². The monoisotopic (exact) mass is 364 g/mol. The smallest absolute Gasteiger partial charge is 0.0212 e. The summed E-state index contributed by atoms with van der Waals surface area (Å²) in [6, 6.07) is 21.8. The van der Waals surface area contributed by atoms with Gasteiger partial charge in [-0.15, -0.1) is 0 Å². The van der Waals surface area contributed by atoms with Crippen molar-refractivity contribution in [3.05, 3.63) is 71.8 Å². The normalized spacial score (nSPS) is 22.6. The maximum atomic E-state index is 5.84. The molecule has 1 aliphatic carbocycles. The standard InChI is InChI=1S/C14H15N.C11H21N/c15-11-14(12-7-3-1-4-8-12)13-9-5-2-6-10-13;1-2-12-9-5-7-10-6-3-4-8-11(10)12/h1-10,14H,11,15H2;10-11H,2-9H2,1H3. The van der Waals surface area contributed by atoms with Crippen LogP contribution < -0.4 is 5.73 Å². The van der Waals surface area contributed by atoms with Crippen LogP contribution in [0.15, 0.2) is 60.7 Å². The van der Waals surface area contributed by atoms with Crippen molar-refractivity contribution < 1.29 is 0 Å². The number of benzene rings is 2.